The van der Waals surface area contributed by atoms with Crippen molar-refractivity contribution >= 4 is 23.0 Å². The van der Waals surface area contributed by atoms with E-state index in [1.54, 1.807) is 0 Å². The lowest BCUT2D eigenvalue weighted by Gasteiger charge is -2.09. The smallest absolute Gasteiger partial charge is 0.193 e. The molecule has 0 saturated heterocycles. The largest absolute Gasteiger partial charge is 0.289 e. The molecule has 0 unspecified atom stereocenters. The predicted molar refractivity (Wildman–Crippen MR) is 89.7 cm³/mol. The maximum absolute atomic E-state index is 12.7. The van der Waals surface area contributed by atoms with Crippen LogP contribution < -0.4 is 0 Å². The van der Waals surface area contributed by atoms with Crippen LogP contribution in [0.25, 0.3) is 5.57 Å². The highest BCUT2D eigenvalue weighted by Gasteiger charge is 2.14. The third-order valence-electron chi connectivity index (χ3n) is 3.23. The lowest BCUT2D eigenvalue weighted by atomic mass is 9.94. The Labute approximate surface area is 131 Å². The first-order chi connectivity index (χ1) is 10.1. The minimum atomic E-state index is 0.0542. The standard InChI is InChI=1S/C19H19ClO/c1-14(2)8-13-18(15-9-11-17(20)12-10-15)19(21)16-6-4-3-5-7-16/h3-7,9-14H,8H2,1-2H3/b18-13+. The fourth-order valence-electron chi connectivity index (χ4n) is 2.07. The first-order valence-corrected chi connectivity index (χ1v) is 7.51. The van der Waals surface area contributed by atoms with Gasteiger partial charge in [0.05, 0.1) is 0 Å². The first kappa shape index (κ1) is 15.5. The zero-order valence-electron chi connectivity index (χ0n) is 12.3. The second-order valence-corrected chi connectivity index (χ2v) is 5.89. The molecule has 0 aliphatic rings. The molecule has 0 N–H and O–H groups in total. The molecule has 108 valence electrons. The lowest BCUT2D eigenvalue weighted by Crippen LogP contribution is -2.03. The second-order valence-electron chi connectivity index (χ2n) is 5.45. The molecule has 21 heavy (non-hydrogen) atoms. The highest BCUT2D eigenvalue weighted by molar-refractivity contribution is 6.31. The maximum atomic E-state index is 12.7. The van der Waals surface area contributed by atoms with Gasteiger partial charge in [-0.15, -0.1) is 0 Å². The minimum Gasteiger partial charge on any atom is -0.289 e. The molecule has 0 fully saturated rings. The molecular formula is C19H19ClO. The van der Waals surface area contributed by atoms with Gasteiger partial charge in [-0.25, -0.2) is 0 Å². The van der Waals surface area contributed by atoms with E-state index in [2.05, 4.69) is 13.8 Å². The van der Waals surface area contributed by atoms with Crippen LogP contribution in [0.1, 0.15) is 36.2 Å². The molecule has 0 aliphatic heterocycles. The van der Waals surface area contributed by atoms with E-state index in [1.807, 2.05) is 60.7 Å². The summed E-state index contributed by atoms with van der Waals surface area (Å²) in [5, 5.41) is 0.675. The van der Waals surface area contributed by atoms with E-state index in [-0.39, 0.29) is 5.78 Å². The van der Waals surface area contributed by atoms with Gasteiger partial charge < -0.3 is 0 Å². The molecule has 1 nitrogen and oxygen atoms in total. The summed E-state index contributed by atoms with van der Waals surface area (Å²) in [5.41, 5.74) is 2.36. The highest BCUT2D eigenvalue weighted by Crippen LogP contribution is 2.23. The van der Waals surface area contributed by atoms with E-state index >= 15 is 0 Å². The Morgan fingerprint density at radius 2 is 1.62 bits per heavy atom. The van der Waals surface area contributed by atoms with Gasteiger partial charge in [-0.05, 0) is 30.0 Å². The Balaban J connectivity index is 2.39. The normalized spacial score (nSPS) is 11.7. The fraction of sp³-hybridized carbons (Fsp3) is 0.211. The molecule has 0 bridgehead atoms. The van der Waals surface area contributed by atoms with Crippen molar-refractivity contribution < 1.29 is 4.79 Å². The number of rotatable bonds is 5. The molecule has 0 aromatic heterocycles. The van der Waals surface area contributed by atoms with E-state index in [4.69, 9.17) is 11.6 Å². The molecule has 0 radical (unpaired) electrons. The monoisotopic (exact) mass is 298 g/mol. The van der Waals surface area contributed by atoms with Gasteiger partial charge in [0.2, 0.25) is 0 Å². The third kappa shape index (κ3) is 4.30. The van der Waals surface area contributed by atoms with Gasteiger partial charge in [0.15, 0.2) is 5.78 Å². The zero-order valence-corrected chi connectivity index (χ0v) is 13.1. The number of carbonyl (C=O) groups excluding carboxylic acids is 1. The van der Waals surface area contributed by atoms with Crippen LogP contribution in [0.3, 0.4) is 0 Å². The maximum Gasteiger partial charge on any atom is 0.193 e. The molecule has 0 heterocycles. The summed E-state index contributed by atoms with van der Waals surface area (Å²) in [6, 6.07) is 16.8. The van der Waals surface area contributed by atoms with Gasteiger partial charge in [0, 0.05) is 16.2 Å². The van der Waals surface area contributed by atoms with Crippen molar-refractivity contribution in [2.75, 3.05) is 0 Å². The minimum absolute atomic E-state index is 0.0542. The molecule has 0 saturated carbocycles. The van der Waals surface area contributed by atoms with E-state index < -0.39 is 0 Å². The molecule has 0 atom stereocenters. The number of halogens is 1. The van der Waals surface area contributed by atoms with Crippen LogP contribution in [-0.4, -0.2) is 5.78 Å². The highest BCUT2D eigenvalue weighted by atomic mass is 35.5. The van der Waals surface area contributed by atoms with Gasteiger partial charge >= 0.3 is 0 Å². The first-order valence-electron chi connectivity index (χ1n) is 7.14. The van der Waals surface area contributed by atoms with Crippen LogP contribution in [0.5, 0.6) is 0 Å². The van der Waals surface area contributed by atoms with E-state index in [9.17, 15) is 4.79 Å². The van der Waals surface area contributed by atoms with Crippen molar-refractivity contribution in [3.8, 4) is 0 Å². The summed E-state index contributed by atoms with van der Waals surface area (Å²) in [6.07, 6.45) is 2.90. The summed E-state index contributed by atoms with van der Waals surface area (Å²) in [7, 11) is 0. The Kier molecular flexibility index (Phi) is 5.35. The molecular weight excluding hydrogens is 280 g/mol. The lowest BCUT2D eigenvalue weighted by molar-refractivity contribution is 0.105. The van der Waals surface area contributed by atoms with Crippen molar-refractivity contribution in [3.63, 3.8) is 0 Å². The van der Waals surface area contributed by atoms with Crippen LogP contribution in [0, 0.1) is 5.92 Å². The van der Waals surface area contributed by atoms with Crippen molar-refractivity contribution in [1.29, 1.82) is 0 Å². The van der Waals surface area contributed by atoms with Crippen LogP contribution in [0.2, 0.25) is 5.02 Å². The number of allylic oxidation sites excluding steroid dienone is 2. The number of Topliss-reactive ketones (excluding diaryl/α,β-unsaturated/α-hetero) is 1. The zero-order chi connectivity index (χ0) is 15.2. The molecule has 2 aromatic rings. The average Bonchev–Trinajstić information content (AvgIpc) is 2.49. The van der Waals surface area contributed by atoms with Crippen LogP contribution in [0.15, 0.2) is 60.7 Å². The molecule has 2 rings (SSSR count). The SMILES string of the molecule is CC(C)C/C=C(/C(=O)c1ccccc1)c1ccc(Cl)cc1. The molecule has 0 spiro atoms. The average molecular weight is 299 g/mol. The van der Waals surface area contributed by atoms with Gasteiger partial charge in [-0.1, -0.05) is 74.0 Å². The Morgan fingerprint density at radius 3 is 2.19 bits per heavy atom. The van der Waals surface area contributed by atoms with Crippen molar-refractivity contribution in [2.24, 2.45) is 5.92 Å². The topological polar surface area (TPSA) is 17.1 Å². The fourth-order valence-corrected chi connectivity index (χ4v) is 2.20. The summed E-state index contributed by atoms with van der Waals surface area (Å²) < 4.78 is 0. The van der Waals surface area contributed by atoms with Crippen molar-refractivity contribution in [3.05, 3.63) is 76.8 Å². The van der Waals surface area contributed by atoms with Crippen LogP contribution in [-0.2, 0) is 0 Å². The molecule has 0 aliphatic carbocycles. The summed E-state index contributed by atoms with van der Waals surface area (Å²) in [5.74, 6) is 0.564. The van der Waals surface area contributed by atoms with E-state index in [0.717, 1.165) is 17.6 Å². The van der Waals surface area contributed by atoms with Gasteiger partial charge in [0.25, 0.3) is 0 Å². The van der Waals surface area contributed by atoms with Gasteiger partial charge in [0.1, 0.15) is 0 Å². The Hall–Kier alpha value is -1.86. The number of ketones is 1. The van der Waals surface area contributed by atoms with Gasteiger partial charge in [-0.3, -0.25) is 4.79 Å². The number of benzene rings is 2. The summed E-state index contributed by atoms with van der Waals surface area (Å²) in [4.78, 5) is 12.7. The summed E-state index contributed by atoms with van der Waals surface area (Å²) >= 11 is 5.94. The van der Waals surface area contributed by atoms with Crippen LogP contribution in [0.4, 0.5) is 0 Å². The van der Waals surface area contributed by atoms with Crippen LogP contribution >= 0.6 is 11.6 Å². The quantitative estimate of drug-likeness (QED) is 0.515. The Bertz CT molecular complexity index is 624. The molecule has 2 aromatic carbocycles. The number of hydrogen-bond donors (Lipinski definition) is 0. The molecule has 0 amide bonds. The summed E-state index contributed by atoms with van der Waals surface area (Å²) in [6.45, 7) is 4.28. The molecule has 2 heteroatoms. The Morgan fingerprint density at radius 1 is 1.00 bits per heavy atom. The van der Waals surface area contributed by atoms with Gasteiger partial charge in [-0.2, -0.15) is 0 Å². The van der Waals surface area contributed by atoms with Crippen molar-refractivity contribution in [1.82, 2.24) is 0 Å². The third-order valence-corrected chi connectivity index (χ3v) is 3.48. The predicted octanol–water partition coefficient (Wildman–Crippen LogP) is 5.65. The van der Waals surface area contributed by atoms with E-state index in [1.165, 1.54) is 0 Å². The van der Waals surface area contributed by atoms with Crippen molar-refractivity contribution in [2.45, 2.75) is 20.3 Å². The second kappa shape index (κ2) is 7.24. The van der Waals surface area contributed by atoms with E-state index in [0.29, 0.717) is 16.5 Å². The number of carbonyl (C=O) groups is 1. The number of hydrogen-bond acceptors (Lipinski definition) is 1.